The van der Waals surface area contributed by atoms with Gasteiger partial charge in [-0.3, -0.25) is 9.79 Å². The predicted molar refractivity (Wildman–Crippen MR) is 146 cm³/mol. The maximum Gasteiger partial charge on any atom is 0.223 e. The molecule has 3 aromatic rings. The van der Waals surface area contributed by atoms with Crippen molar-refractivity contribution in [1.29, 1.82) is 0 Å². The monoisotopic (exact) mass is 558 g/mol. The first-order valence-electron chi connectivity index (χ1n) is 12.3. The molecule has 1 unspecified atom stereocenters. The molecule has 0 aliphatic carbocycles. The van der Waals surface area contributed by atoms with Gasteiger partial charge in [0.05, 0.1) is 37.2 Å². The molecular weight excluding hydrogens is 528 g/mol. The Labute approximate surface area is 225 Å². The molecule has 202 valence electrons. The van der Waals surface area contributed by atoms with E-state index in [1.54, 1.807) is 36.8 Å². The van der Waals surface area contributed by atoms with Crippen molar-refractivity contribution < 1.29 is 27.4 Å². The molecule has 1 fully saturated rings. The Morgan fingerprint density at radius 2 is 1.97 bits per heavy atom. The van der Waals surface area contributed by atoms with E-state index in [0.29, 0.717) is 43.4 Å². The van der Waals surface area contributed by atoms with Crippen LogP contribution in [-0.2, 0) is 19.4 Å². The number of aromatic amines is 1. The number of sulfone groups is 1. The third kappa shape index (κ3) is 6.13. The van der Waals surface area contributed by atoms with Gasteiger partial charge >= 0.3 is 0 Å². The maximum atomic E-state index is 12.2. The molecule has 4 heterocycles. The number of nitrogens with one attached hydrogen (secondary N) is 1. The number of hydrogen-bond acceptors (Lipinski definition) is 9. The number of H-pyrrole nitrogens is 1. The van der Waals surface area contributed by atoms with Gasteiger partial charge in [0, 0.05) is 56.3 Å². The molecule has 5 rings (SSSR count). The highest BCUT2D eigenvalue weighted by Gasteiger charge is 2.26. The first kappa shape index (κ1) is 26.5. The number of aromatic nitrogens is 2. The molecule has 12 heteroatoms. The number of carbonyl (C=O) groups is 1. The van der Waals surface area contributed by atoms with E-state index >= 15 is 0 Å². The Hall–Kier alpha value is -3.09. The second-order valence-electron chi connectivity index (χ2n) is 9.58. The molecular formula is C26H30N4O6S2. The van der Waals surface area contributed by atoms with Gasteiger partial charge < -0.3 is 24.1 Å². The van der Waals surface area contributed by atoms with E-state index in [4.69, 9.17) is 19.2 Å². The Morgan fingerprint density at radius 3 is 2.66 bits per heavy atom. The molecule has 1 N–H and O–H groups in total. The van der Waals surface area contributed by atoms with Crippen molar-refractivity contribution in [2.45, 2.75) is 35.6 Å². The Bertz CT molecular complexity index is 1460. The molecule has 0 spiro atoms. The third-order valence-corrected chi connectivity index (χ3v) is 8.52. The Morgan fingerprint density at radius 1 is 1.18 bits per heavy atom. The summed E-state index contributed by atoms with van der Waals surface area (Å²) < 4.78 is 41.4. The highest BCUT2D eigenvalue weighted by Crippen LogP contribution is 2.37. The summed E-state index contributed by atoms with van der Waals surface area (Å²) >= 11 is 1.60. The first-order valence-corrected chi connectivity index (χ1v) is 15.1. The Kier molecular flexibility index (Phi) is 7.64. The van der Waals surface area contributed by atoms with Crippen molar-refractivity contribution in [3.05, 3.63) is 42.2 Å². The molecule has 0 radical (unpaired) electrons. The zero-order chi connectivity index (χ0) is 26.9. The maximum absolute atomic E-state index is 12.2. The van der Waals surface area contributed by atoms with Crippen LogP contribution in [0.2, 0.25) is 0 Å². The fraction of sp³-hybridized carbons (Fsp3) is 0.423. The zero-order valence-electron chi connectivity index (χ0n) is 21.5. The van der Waals surface area contributed by atoms with Crippen molar-refractivity contribution in [2.24, 2.45) is 4.99 Å². The number of amides is 1. The molecule has 1 aromatic carbocycles. The summed E-state index contributed by atoms with van der Waals surface area (Å²) in [6.45, 7) is 1.89. The van der Waals surface area contributed by atoms with Crippen molar-refractivity contribution in [1.82, 2.24) is 14.9 Å². The van der Waals surface area contributed by atoms with Crippen LogP contribution in [0, 0.1) is 0 Å². The van der Waals surface area contributed by atoms with Gasteiger partial charge in [0.25, 0.3) is 0 Å². The van der Waals surface area contributed by atoms with Crippen molar-refractivity contribution in [3.8, 4) is 17.2 Å². The molecule has 1 amide bonds. The highest BCUT2D eigenvalue weighted by atomic mass is 32.2. The lowest BCUT2D eigenvalue weighted by Gasteiger charge is -2.24. The van der Waals surface area contributed by atoms with Crippen LogP contribution in [0.5, 0.6) is 17.2 Å². The third-order valence-electron chi connectivity index (χ3n) is 6.30. The molecule has 2 aromatic heterocycles. The van der Waals surface area contributed by atoms with Crippen LogP contribution in [0.25, 0.3) is 10.9 Å². The second kappa shape index (κ2) is 11.0. The number of pyridine rings is 1. The molecule has 10 nitrogen and oxygen atoms in total. The summed E-state index contributed by atoms with van der Waals surface area (Å²) in [6, 6.07) is 8.72. The second-order valence-corrected chi connectivity index (χ2v) is 12.8. The van der Waals surface area contributed by atoms with Crippen molar-refractivity contribution >= 4 is 43.5 Å². The molecule has 38 heavy (non-hydrogen) atoms. The predicted octanol–water partition coefficient (Wildman–Crippen LogP) is 3.66. The van der Waals surface area contributed by atoms with Crippen LogP contribution in [0.4, 0.5) is 0 Å². The topological polar surface area (TPSA) is 123 Å². The number of thioether (sulfide) groups is 1. The molecule has 1 atom stereocenters. The van der Waals surface area contributed by atoms with Crippen LogP contribution in [0.15, 0.2) is 46.5 Å². The minimum absolute atomic E-state index is 0.0143. The smallest absolute Gasteiger partial charge is 0.223 e. The first-order chi connectivity index (χ1) is 18.2. The van der Waals surface area contributed by atoms with Crippen LogP contribution >= 0.6 is 11.8 Å². The van der Waals surface area contributed by atoms with Crippen LogP contribution < -0.4 is 9.47 Å². The summed E-state index contributed by atoms with van der Waals surface area (Å²) in [5, 5.41) is 1.83. The average molecular weight is 559 g/mol. The van der Waals surface area contributed by atoms with Gasteiger partial charge in [-0.2, -0.15) is 0 Å². The van der Waals surface area contributed by atoms with Gasteiger partial charge in [-0.15, -0.1) is 0 Å². The normalized spacial score (nSPS) is 18.4. The van der Waals surface area contributed by atoms with Crippen LogP contribution in [0.1, 0.15) is 25.0 Å². The number of carbonyl (C=O) groups excluding carboxylic acids is 1. The number of nitrogens with zero attached hydrogens (tertiary/aromatic N) is 3. The largest absolute Gasteiger partial charge is 0.488 e. The Balaban J connectivity index is 1.42. The fourth-order valence-electron chi connectivity index (χ4n) is 4.26. The van der Waals surface area contributed by atoms with Gasteiger partial charge in [0.2, 0.25) is 5.91 Å². The van der Waals surface area contributed by atoms with E-state index in [9.17, 15) is 13.2 Å². The summed E-state index contributed by atoms with van der Waals surface area (Å²) in [5.41, 5.74) is 1.69. The number of ether oxygens (including phenoxy) is 3. The average Bonchev–Trinajstić information content (AvgIpc) is 3.52. The van der Waals surface area contributed by atoms with E-state index < -0.39 is 9.84 Å². The molecule has 0 saturated carbocycles. The summed E-state index contributed by atoms with van der Waals surface area (Å²) in [7, 11) is 0.122. The number of benzene rings is 1. The molecule has 2 aliphatic heterocycles. The van der Waals surface area contributed by atoms with Crippen molar-refractivity contribution in [2.75, 3.05) is 40.1 Å². The molecule has 2 aliphatic rings. The number of rotatable bonds is 8. The molecule has 0 bridgehead atoms. The standard InChI is InChI=1S/C26H30N4O6S2/c1-30(2)24(31)13-20-15-28-26(37-20)21-11-16-10-19(35-18-4-5-23(27-14-18)38(3,32)33)12-22(25(16)29-21)36-17-6-8-34-9-7-17/h4-5,10-12,14,17,20,29H,6-9,13,15H2,1-3H3. The molecule has 1 saturated heterocycles. The van der Waals surface area contributed by atoms with E-state index in [0.717, 1.165) is 40.7 Å². The van der Waals surface area contributed by atoms with Crippen LogP contribution in [0.3, 0.4) is 0 Å². The summed E-state index contributed by atoms with van der Waals surface area (Å²) in [5.74, 6) is 1.69. The SMILES string of the molecule is CN(C)C(=O)CC1CN=C(c2cc3cc(Oc4ccc(S(C)(=O)=O)nc4)cc(OC4CCOCC4)c3[nH]2)S1. The van der Waals surface area contributed by atoms with Gasteiger partial charge in [-0.25, -0.2) is 13.4 Å². The number of fused-ring (bicyclic) bond motifs is 1. The fourth-order valence-corrected chi connectivity index (χ4v) is 5.89. The van der Waals surface area contributed by atoms with Crippen LogP contribution in [-0.4, -0.2) is 85.7 Å². The van der Waals surface area contributed by atoms with Gasteiger partial charge in [-0.1, -0.05) is 11.8 Å². The van der Waals surface area contributed by atoms with Gasteiger partial charge in [-0.05, 0) is 24.3 Å². The highest BCUT2D eigenvalue weighted by molar-refractivity contribution is 8.15. The minimum atomic E-state index is -3.40. The van der Waals surface area contributed by atoms with E-state index in [-0.39, 0.29) is 22.3 Å². The van der Waals surface area contributed by atoms with E-state index in [1.807, 2.05) is 18.2 Å². The lowest BCUT2D eigenvalue weighted by molar-refractivity contribution is -0.128. The quantitative estimate of drug-likeness (QED) is 0.444. The number of hydrogen-bond donors (Lipinski definition) is 1. The zero-order valence-corrected chi connectivity index (χ0v) is 23.1. The van der Waals surface area contributed by atoms with Gasteiger partial charge in [0.15, 0.2) is 14.9 Å². The number of aliphatic imine (C=N–C) groups is 1. The van der Waals surface area contributed by atoms with Crippen molar-refractivity contribution in [3.63, 3.8) is 0 Å². The minimum Gasteiger partial charge on any atom is -0.488 e. The van der Waals surface area contributed by atoms with E-state index in [2.05, 4.69) is 9.97 Å². The lowest BCUT2D eigenvalue weighted by atomic mass is 10.1. The summed E-state index contributed by atoms with van der Waals surface area (Å²) in [6.07, 6.45) is 4.54. The summed E-state index contributed by atoms with van der Waals surface area (Å²) in [4.78, 5) is 25.9. The lowest BCUT2D eigenvalue weighted by Crippen LogP contribution is -2.26. The van der Waals surface area contributed by atoms with E-state index in [1.165, 1.54) is 12.3 Å². The van der Waals surface area contributed by atoms with Gasteiger partial charge in [0.1, 0.15) is 28.4 Å².